The van der Waals surface area contributed by atoms with E-state index in [9.17, 15) is 27.6 Å². The maximum atomic E-state index is 14.3. The van der Waals surface area contributed by atoms with Gasteiger partial charge >= 0.3 is 18.1 Å². The molecule has 2 aliphatic rings. The van der Waals surface area contributed by atoms with Crippen LogP contribution in [0.5, 0.6) is 5.75 Å². The summed E-state index contributed by atoms with van der Waals surface area (Å²) in [7, 11) is 1.47. The predicted molar refractivity (Wildman–Crippen MR) is 139 cm³/mol. The predicted octanol–water partition coefficient (Wildman–Crippen LogP) is 5.43. The molecule has 3 atom stereocenters. The lowest BCUT2D eigenvalue weighted by Gasteiger charge is -2.40. The van der Waals surface area contributed by atoms with Crippen molar-refractivity contribution in [2.75, 3.05) is 20.3 Å². The van der Waals surface area contributed by atoms with E-state index in [4.69, 9.17) is 14.2 Å². The molecule has 7 nitrogen and oxygen atoms in total. The Hall–Kier alpha value is -4.08. The molecule has 0 spiro atoms. The standard InChI is InChI=1S/C30H30F3NO6/c1-5-39-28(36)23-16(3)34-21-15-19(17-11-8-10-14-22(17)38-4)25(29(37)40-6-2)27(35)26(21)24(23)18-12-7-9-13-20(18)30(31,32)33/h7-14,19,24-25,34H,5-6,15H2,1-4H3/t19-,24+,25-/m1/s1. The van der Waals surface area contributed by atoms with Crippen molar-refractivity contribution in [3.8, 4) is 5.75 Å². The zero-order valence-corrected chi connectivity index (χ0v) is 22.6. The van der Waals surface area contributed by atoms with Gasteiger partial charge in [0.05, 0.1) is 31.5 Å². The van der Waals surface area contributed by atoms with Crippen LogP contribution >= 0.6 is 0 Å². The van der Waals surface area contributed by atoms with Crippen molar-refractivity contribution in [3.05, 3.63) is 87.8 Å². The van der Waals surface area contributed by atoms with Gasteiger partial charge in [0.15, 0.2) is 5.78 Å². The lowest BCUT2D eigenvalue weighted by atomic mass is 9.66. The van der Waals surface area contributed by atoms with E-state index in [1.54, 1.807) is 45.0 Å². The molecule has 1 N–H and O–H groups in total. The first-order valence-electron chi connectivity index (χ1n) is 12.9. The normalized spacial score (nSPS) is 21.0. The van der Waals surface area contributed by atoms with E-state index in [1.807, 2.05) is 0 Å². The Bertz CT molecular complexity index is 1390. The van der Waals surface area contributed by atoms with E-state index in [1.165, 1.54) is 25.3 Å². The van der Waals surface area contributed by atoms with E-state index in [2.05, 4.69) is 5.32 Å². The van der Waals surface area contributed by atoms with Crippen LogP contribution in [0.3, 0.4) is 0 Å². The maximum Gasteiger partial charge on any atom is 0.416 e. The van der Waals surface area contributed by atoms with Crippen LogP contribution < -0.4 is 10.1 Å². The third-order valence-corrected chi connectivity index (χ3v) is 7.17. The first kappa shape index (κ1) is 28.9. The van der Waals surface area contributed by atoms with E-state index < -0.39 is 47.2 Å². The Morgan fingerprint density at radius 3 is 2.23 bits per heavy atom. The van der Waals surface area contributed by atoms with Gasteiger partial charge in [-0.15, -0.1) is 0 Å². The number of para-hydroxylation sites is 1. The molecule has 4 rings (SSSR count). The zero-order chi connectivity index (χ0) is 29.2. The minimum absolute atomic E-state index is 0.00116. The van der Waals surface area contributed by atoms with Crippen molar-refractivity contribution in [1.82, 2.24) is 5.32 Å². The average molecular weight is 558 g/mol. The highest BCUT2D eigenvalue weighted by molar-refractivity contribution is 6.13. The Labute approximate surface area is 230 Å². The van der Waals surface area contributed by atoms with Crippen LogP contribution in [0.25, 0.3) is 0 Å². The number of halogens is 3. The summed E-state index contributed by atoms with van der Waals surface area (Å²) < 4.78 is 58.7. The molecule has 0 aromatic heterocycles. The number of ketones is 1. The number of nitrogens with one attached hydrogen (secondary N) is 1. The van der Waals surface area contributed by atoms with Crippen molar-refractivity contribution >= 4 is 17.7 Å². The molecule has 1 aliphatic heterocycles. The third-order valence-electron chi connectivity index (χ3n) is 7.17. The summed E-state index contributed by atoms with van der Waals surface area (Å²) in [4.78, 5) is 40.8. The molecule has 2 aromatic carbocycles. The number of carbonyl (C=O) groups excluding carboxylic acids is 3. The van der Waals surface area contributed by atoms with Gasteiger partial charge in [-0.25, -0.2) is 4.79 Å². The number of rotatable bonds is 7. The van der Waals surface area contributed by atoms with Gasteiger partial charge in [-0.1, -0.05) is 36.4 Å². The van der Waals surface area contributed by atoms with E-state index >= 15 is 0 Å². The average Bonchev–Trinajstić information content (AvgIpc) is 2.91. The van der Waals surface area contributed by atoms with Gasteiger partial charge in [-0.3, -0.25) is 9.59 Å². The quantitative estimate of drug-likeness (QED) is 0.359. The second kappa shape index (κ2) is 11.6. The van der Waals surface area contributed by atoms with Gasteiger partial charge in [-0.05, 0) is 50.5 Å². The zero-order valence-electron chi connectivity index (χ0n) is 22.6. The van der Waals surface area contributed by atoms with E-state index in [-0.39, 0.29) is 42.0 Å². The number of hydrogen-bond donors (Lipinski definition) is 1. The van der Waals surface area contributed by atoms with Crippen molar-refractivity contribution in [3.63, 3.8) is 0 Å². The highest BCUT2D eigenvalue weighted by Gasteiger charge is 2.51. The number of Topliss-reactive ketones (excluding diaryl/α,β-unsaturated/α-hetero) is 1. The van der Waals surface area contributed by atoms with E-state index in [0.29, 0.717) is 17.0 Å². The van der Waals surface area contributed by atoms with Gasteiger partial charge in [-0.2, -0.15) is 13.2 Å². The maximum absolute atomic E-state index is 14.3. The summed E-state index contributed by atoms with van der Waals surface area (Å²) in [6.45, 7) is 4.71. The van der Waals surface area contributed by atoms with E-state index in [0.717, 1.165) is 6.07 Å². The van der Waals surface area contributed by atoms with Gasteiger partial charge in [0, 0.05) is 28.8 Å². The monoisotopic (exact) mass is 557 g/mol. The fraction of sp³-hybridized carbons (Fsp3) is 0.367. The molecule has 1 aliphatic carbocycles. The van der Waals surface area contributed by atoms with Crippen LogP contribution in [0, 0.1) is 5.92 Å². The van der Waals surface area contributed by atoms with Gasteiger partial charge < -0.3 is 19.5 Å². The molecular weight excluding hydrogens is 527 g/mol. The van der Waals surface area contributed by atoms with Crippen LogP contribution in [0.15, 0.2) is 71.1 Å². The smallest absolute Gasteiger partial charge is 0.416 e. The molecule has 10 heteroatoms. The Balaban J connectivity index is 1.99. The largest absolute Gasteiger partial charge is 0.496 e. The molecule has 0 fully saturated rings. The number of ether oxygens (including phenoxy) is 3. The van der Waals surface area contributed by atoms with Gasteiger partial charge in [0.1, 0.15) is 11.7 Å². The highest BCUT2D eigenvalue weighted by atomic mass is 19.4. The SMILES string of the molecule is CCOC(=O)C1=C(C)NC2=C(C(=O)[C@H](C(=O)OCC)[C@@H](c3ccccc3OC)C2)[C@H]1c1ccccc1C(F)(F)F. The highest BCUT2D eigenvalue weighted by Crippen LogP contribution is 2.51. The molecule has 0 amide bonds. The summed E-state index contributed by atoms with van der Waals surface area (Å²) in [5.41, 5.74) is -0.309. The summed E-state index contributed by atoms with van der Waals surface area (Å²) in [5.74, 6) is -5.46. The molecule has 0 unspecified atom stereocenters. The molecular formula is C30H30F3NO6. The number of allylic oxidation sites excluding steroid dienone is 3. The van der Waals surface area contributed by atoms with Crippen molar-refractivity contribution < 1.29 is 41.8 Å². The number of carbonyl (C=O) groups is 3. The molecule has 0 saturated carbocycles. The third kappa shape index (κ3) is 5.22. The Morgan fingerprint density at radius 1 is 0.975 bits per heavy atom. The lowest BCUT2D eigenvalue weighted by Crippen LogP contribution is -2.43. The fourth-order valence-corrected chi connectivity index (χ4v) is 5.60. The summed E-state index contributed by atoms with van der Waals surface area (Å²) >= 11 is 0. The molecule has 1 heterocycles. The van der Waals surface area contributed by atoms with Gasteiger partial charge in [0.25, 0.3) is 0 Å². The first-order chi connectivity index (χ1) is 19.0. The number of methoxy groups -OCH3 is 1. The van der Waals surface area contributed by atoms with Crippen LogP contribution in [0.1, 0.15) is 55.7 Å². The van der Waals surface area contributed by atoms with Gasteiger partial charge in [0.2, 0.25) is 0 Å². The summed E-state index contributed by atoms with van der Waals surface area (Å²) in [5, 5.41) is 3.09. The Kier molecular flexibility index (Phi) is 8.37. The van der Waals surface area contributed by atoms with Crippen LogP contribution in [-0.4, -0.2) is 38.0 Å². The first-order valence-corrected chi connectivity index (χ1v) is 12.9. The van der Waals surface area contributed by atoms with Crippen LogP contribution in [-0.2, 0) is 30.0 Å². The fourth-order valence-electron chi connectivity index (χ4n) is 5.60. The second-order valence-electron chi connectivity index (χ2n) is 9.44. The van der Waals surface area contributed by atoms with Crippen molar-refractivity contribution in [2.24, 2.45) is 5.92 Å². The summed E-state index contributed by atoms with van der Waals surface area (Å²) in [6, 6.07) is 11.7. The molecule has 0 bridgehead atoms. The minimum Gasteiger partial charge on any atom is -0.496 e. The number of hydrogen-bond acceptors (Lipinski definition) is 7. The number of esters is 2. The number of benzene rings is 2. The second-order valence-corrected chi connectivity index (χ2v) is 9.44. The molecule has 40 heavy (non-hydrogen) atoms. The van der Waals surface area contributed by atoms with Crippen LogP contribution in [0.4, 0.5) is 13.2 Å². The minimum atomic E-state index is -4.77. The Morgan fingerprint density at radius 2 is 1.60 bits per heavy atom. The number of dihydropyridines is 1. The summed E-state index contributed by atoms with van der Waals surface area (Å²) in [6.07, 6.45) is -4.68. The van der Waals surface area contributed by atoms with Crippen molar-refractivity contribution in [2.45, 2.75) is 45.2 Å². The van der Waals surface area contributed by atoms with Crippen LogP contribution in [0.2, 0.25) is 0 Å². The molecule has 0 saturated heterocycles. The van der Waals surface area contributed by atoms with Crippen molar-refractivity contribution in [1.29, 1.82) is 0 Å². The molecule has 2 aromatic rings. The lowest BCUT2D eigenvalue weighted by molar-refractivity contribution is -0.152. The molecule has 212 valence electrons. The number of alkyl halides is 3. The topological polar surface area (TPSA) is 90.9 Å². The molecule has 0 radical (unpaired) electrons.